The molecule has 6 heteroatoms. The van der Waals surface area contributed by atoms with Crippen LogP contribution in [0.1, 0.15) is 19.3 Å². The first-order valence-electron chi connectivity index (χ1n) is 7.25. The molecule has 0 amide bonds. The lowest BCUT2D eigenvalue weighted by Crippen LogP contribution is -2.43. The maximum atomic E-state index is 11.5. The molecule has 0 aliphatic carbocycles. The number of nitrogens with zero attached hydrogens (tertiary/aromatic N) is 1. The van der Waals surface area contributed by atoms with Crippen LogP contribution in [0.5, 0.6) is 0 Å². The Morgan fingerprint density at radius 1 is 1.26 bits per heavy atom. The molecule has 1 N–H and O–H groups in total. The maximum absolute atomic E-state index is 11.5. The van der Waals surface area contributed by atoms with E-state index >= 15 is 0 Å². The predicted octanol–water partition coefficient (Wildman–Crippen LogP) is 0.122. The van der Waals surface area contributed by atoms with Gasteiger partial charge < -0.3 is 10.1 Å². The summed E-state index contributed by atoms with van der Waals surface area (Å²) in [5.41, 5.74) is 0. The smallest absolute Gasteiger partial charge is 0.151 e. The fraction of sp³-hybridized carbons (Fsp3) is 1.00. The lowest BCUT2D eigenvalue weighted by Gasteiger charge is -2.35. The van der Waals surface area contributed by atoms with E-state index < -0.39 is 9.84 Å². The van der Waals surface area contributed by atoms with Gasteiger partial charge in [0.2, 0.25) is 0 Å². The molecule has 1 unspecified atom stereocenters. The molecule has 0 spiro atoms. The number of hydrogen-bond acceptors (Lipinski definition) is 5. The van der Waals surface area contributed by atoms with E-state index in [0.29, 0.717) is 11.5 Å². The standard InChI is InChI=1S/C13H26N2O3S/c1-18-8-5-14-10-12-2-6-15(7-3-12)13-4-9-19(16,17)11-13/h12-14H,2-11H2,1H3. The van der Waals surface area contributed by atoms with Crippen LogP contribution in [0.2, 0.25) is 0 Å². The molecule has 19 heavy (non-hydrogen) atoms. The van der Waals surface area contributed by atoms with E-state index in [1.807, 2.05) is 0 Å². The van der Waals surface area contributed by atoms with Crippen LogP contribution < -0.4 is 5.32 Å². The summed E-state index contributed by atoms with van der Waals surface area (Å²) in [5, 5.41) is 3.41. The van der Waals surface area contributed by atoms with Crippen LogP contribution in [0.3, 0.4) is 0 Å². The fourth-order valence-electron chi connectivity index (χ4n) is 3.07. The number of ether oxygens (including phenoxy) is 1. The molecule has 0 radical (unpaired) electrons. The van der Waals surface area contributed by atoms with Crippen molar-refractivity contribution in [2.45, 2.75) is 25.3 Å². The van der Waals surface area contributed by atoms with Crippen molar-refractivity contribution < 1.29 is 13.2 Å². The first-order chi connectivity index (χ1) is 9.11. The SMILES string of the molecule is COCCNCC1CCN(C2CCS(=O)(=O)C2)CC1. The van der Waals surface area contributed by atoms with Crippen molar-refractivity contribution in [1.29, 1.82) is 0 Å². The monoisotopic (exact) mass is 290 g/mol. The number of sulfone groups is 1. The molecule has 0 saturated carbocycles. The average molecular weight is 290 g/mol. The highest BCUT2D eigenvalue weighted by molar-refractivity contribution is 7.91. The Hall–Kier alpha value is -0.170. The first kappa shape index (κ1) is 15.2. The van der Waals surface area contributed by atoms with Gasteiger partial charge in [0.1, 0.15) is 0 Å². The largest absolute Gasteiger partial charge is 0.383 e. The van der Waals surface area contributed by atoms with Crippen LogP contribution in [0, 0.1) is 5.92 Å². The predicted molar refractivity (Wildman–Crippen MR) is 76.1 cm³/mol. The summed E-state index contributed by atoms with van der Waals surface area (Å²) in [5.74, 6) is 1.49. The third kappa shape index (κ3) is 4.70. The second kappa shape index (κ2) is 7.02. The fourth-order valence-corrected chi connectivity index (χ4v) is 4.83. The Morgan fingerprint density at radius 2 is 2.00 bits per heavy atom. The third-order valence-corrected chi connectivity index (χ3v) is 6.04. The van der Waals surface area contributed by atoms with Gasteiger partial charge in [0.15, 0.2) is 9.84 Å². The Morgan fingerprint density at radius 3 is 2.58 bits per heavy atom. The second-order valence-corrected chi connectivity index (χ2v) is 7.96. The number of hydrogen-bond donors (Lipinski definition) is 1. The first-order valence-corrected chi connectivity index (χ1v) is 9.07. The Kier molecular flexibility index (Phi) is 5.62. The molecule has 2 rings (SSSR count). The van der Waals surface area contributed by atoms with Crippen LogP contribution in [-0.2, 0) is 14.6 Å². The highest BCUT2D eigenvalue weighted by atomic mass is 32.2. The number of piperidine rings is 1. The van der Waals surface area contributed by atoms with Gasteiger partial charge in [-0.15, -0.1) is 0 Å². The maximum Gasteiger partial charge on any atom is 0.151 e. The van der Waals surface area contributed by atoms with Gasteiger partial charge in [-0.25, -0.2) is 8.42 Å². The van der Waals surface area contributed by atoms with E-state index in [1.54, 1.807) is 7.11 Å². The molecule has 0 aromatic carbocycles. The molecular formula is C13H26N2O3S. The summed E-state index contributed by atoms with van der Waals surface area (Å²) in [4.78, 5) is 2.39. The molecule has 1 atom stereocenters. The minimum Gasteiger partial charge on any atom is -0.383 e. The van der Waals surface area contributed by atoms with Gasteiger partial charge in [-0.2, -0.15) is 0 Å². The third-order valence-electron chi connectivity index (χ3n) is 4.29. The topological polar surface area (TPSA) is 58.6 Å². The van der Waals surface area contributed by atoms with Gasteiger partial charge >= 0.3 is 0 Å². The number of methoxy groups -OCH3 is 1. The Balaban J connectivity index is 1.65. The summed E-state index contributed by atoms with van der Waals surface area (Å²) < 4.78 is 28.0. The van der Waals surface area contributed by atoms with Gasteiger partial charge in [-0.3, -0.25) is 4.90 Å². The van der Waals surface area contributed by atoms with Gasteiger partial charge in [-0.05, 0) is 44.8 Å². The zero-order valence-corrected chi connectivity index (χ0v) is 12.6. The molecule has 2 fully saturated rings. The van der Waals surface area contributed by atoms with E-state index in [9.17, 15) is 8.42 Å². The van der Waals surface area contributed by atoms with Crippen molar-refractivity contribution in [3.8, 4) is 0 Å². The molecule has 2 saturated heterocycles. The van der Waals surface area contributed by atoms with Crippen LogP contribution in [0.4, 0.5) is 0 Å². The highest BCUT2D eigenvalue weighted by Gasteiger charge is 2.33. The van der Waals surface area contributed by atoms with Crippen LogP contribution >= 0.6 is 0 Å². The number of likely N-dealkylation sites (tertiary alicyclic amines) is 1. The number of nitrogens with one attached hydrogen (secondary N) is 1. The molecule has 112 valence electrons. The zero-order valence-electron chi connectivity index (χ0n) is 11.8. The minimum atomic E-state index is -2.75. The second-order valence-electron chi connectivity index (χ2n) is 5.73. The summed E-state index contributed by atoms with van der Waals surface area (Å²) in [7, 11) is -1.03. The lowest BCUT2D eigenvalue weighted by molar-refractivity contribution is 0.140. The zero-order chi connectivity index (χ0) is 13.7. The minimum absolute atomic E-state index is 0.285. The molecular weight excluding hydrogens is 264 g/mol. The quantitative estimate of drug-likeness (QED) is 0.704. The van der Waals surface area contributed by atoms with Gasteiger partial charge in [-0.1, -0.05) is 0 Å². The summed E-state index contributed by atoms with van der Waals surface area (Å²) in [6, 6.07) is 0.285. The van der Waals surface area contributed by atoms with E-state index in [0.717, 1.165) is 45.1 Å². The van der Waals surface area contributed by atoms with Crippen LogP contribution in [-0.4, -0.2) is 70.8 Å². The Labute approximate surface area is 116 Å². The van der Waals surface area contributed by atoms with Crippen molar-refractivity contribution in [3.63, 3.8) is 0 Å². The molecule has 2 heterocycles. The van der Waals surface area contributed by atoms with Crippen molar-refractivity contribution in [2.24, 2.45) is 5.92 Å². The van der Waals surface area contributed by atoms with E-state index in [-0.39, 0.29) is 6.04 Å². The average Bonchev–Trinajstić information content (AvgIpc) is 2.76. The lowest BCUT2D eigenvalue weighted by atomic mass is 9.95. The molecule has 0 aromatic heterocycles. The van der Waals surface area contributed by atoms with Crippen molar-refractivity contribution >= 4 is 9.84 Å². The van der Waals surface area contributed by atoms with Gasteiger partial charge in [0, 0.05) is 19.7 Å². The molecule has 5 nitrogen and oxygen atoms in total. The van der Waals surface area contributed by atoms with Crippen LogP contribution in [0.15, 0.2) is 0 Å². The molecule has 2 aliphatic heterocycles. The van der Waals surface area contributed by atoms with E-state index in [4.69, 9.17) is 4.74 Å². The van der Waals surface area contributed by atoms with Gasteiger partial charge in [0.05, 0.1) is 18.1 Å². The summed E-state index contributed by atoms with van der Waals surface area (Å²) in [6.07, 6.45) is 3.19. The van der Waals surface area contributed by atoms with Crippen molar-refractivity contribution in [3.05, 3.63) is 0 Å². The van der Waals surface area contributed by atoms with Crippen molar-refractivity contribution in [2.75, 3.05) is 51.4 Å². The van der Waals surface area contributed by atoms with E-state index in [2.05, 4.69) is 10.2 Å². The van der Waals surface area contributed by atoms with E-state index in [1.165, 1.54) is 12.8 Å². The summed E-state index contributed by atoms with van der Waals surface area (Å²) >= 11 is 0. The Bertz CT molecular complexity index is 364. The molecule has 0 bridgehead atoms. The molecule has 0 aromatic rings. The van der Waals surface area contributed by atoms with Crippen LogP contribution in [0.25, 0.3) is 0 Å². The summed E-state index contributed by atoms with van der Waals surface area (Å²) in [6.45, 7) is 4.84. The normalized spacial score (nSPS) is 28.8. The molecule has 2 aliphatic rings. The number of rotatable bonds is 6. The highest BCUT2D eigenvalue weighted by Crippen LogP contribution is 2.24. The van der Waals surface area contributed by atoms with Gasteiger partial charge in [0.25, 0.3) is 0 Å². The van der Waals surface area contributed by atoms with Crippen molar-refractivity contribution in [1.82, 2.24) is 10.2 Å².